The molecule has 2 fully saturated rings. The Labute approximate surface area is 199 Å². The van der Waals surface area contributed by atoms with Gasteiger partial charge in [0, 0.05) is 47.8 Å². The van der Waals surface area contributed by atoms with E-state index in [-0.39, 0.29) is 6.10 Å². The van der Waals surface area contributed by atoms with Gasteiger partial charge in [0.25, 0.3) is 0 Å². The van der Waals surface area contributed by atoms with Crippen LogP contribution in [-0.2, 0) is 4.74 Å². The zero-order valence-electron chi connectivity index (χ0n) is 19.2. The van der Waals surface area contributed by atoms with Gasteiger partial charge in [-0.3, -0.25) is 0 Å². The van der Waals surface area contributed by atoms with Gasteiger partial charge in [0.1, 0.15) is 17.7 Å². The SMILES string of the molecule is Nc1c(-c2ccc(Nc3ccccn3)cc2)n(C2CCC2)c2cc(OC3CCOCC3)ccc12. The largest absolute Gasteiger partial charge is 0.490 e. The highest BCUT2D eigenvalue weighted by Gasteiger charge is 2.27. The van der Waals surface area contributed by atoms with Crippen LogP contribution in [-0.4, -0.2) is 28.9 Å². The van der Waals surface area contributed by atoms with Crippen molar-refractivity contribution < 1.29 is 9.47 Å². The number of nitrogens with two attached hydrogens (primary N) is 1. The number of pyridine rings is 1. The normalized spacial score (nSPS) is 16.9. The summed E-state index contributed by atoms with van der Waals surface area (Å²) in [4.78, 5) is 4.35. The highest BCUT2D eigenvalue weighted by molar-refractivity contribution is 6.01. The first kappa shape index (κ1) is 21.1. The lowest BCUT2D eigenvalue weighted by Gasteiger charge is -2.30. The van der Waals surface area contributed by atoms with Crippen LogP contribution in [0.4, 0.5) is 17.2 Å². The molecule has 2 aromatic carbocycles. The third-order valence-electron chi connectivity index (χ3n) is 7.02. The maximum atomic E-state index is 6.78. The quantitative estimate of drug-likeness (QED) is 0.357. The number of nitrogens with one attached hydrogen (secondary N) is 1. The Bertz CT molecular complexity index is 1270. The molecule has 1 saturated carbocycles. The zero-order valence-corrected chi connectivity index (χ0v) is 19.2. The van der Waals surface area contributed by atoms with E-state index in [1.807, 2.05) is 18.2 Å². The van der Waals surface area contributed by atoms with E-state index in [1.165, 1.54) is 19.3 Å². The van der Waals surface area contributed by atoms with E-state index >= 15 is 0 Å². The van der Waals surface area contributed by atoms with Gasteiger partial charge in [0.2, 0.25) is 0 Å². The smallest absolute Gasteiger partial charge is 0.130 e. The van der Waals surface area contributed by atoms with Crippen molar-refractivity contribution in [3.63, 3.8) is 0 Å². The lowest BCUT2D eigenvalue weighted by atomic mass is 9.92. The fourth-order valence-corrected chi connectivity index (χ4v) is 4.99. The summed E-state index contributed by atoms with van der Waals surface area (Å²) in [6.45, 7) is 1.54. The van der Waals surface area contributed by atoms with Gasteiger partial charge in [0.05, 0.1) is 30.1 Å². The topological polar surface area (TPSA) is 74.3 Å². The van der Waals surface area contributed by atoms with Crippen LogP contribution in [0, 0.1) is 0 Å². The fourth-order valence-electron chi connectivity index (χ4n) is 4.99. The predicted octanol–water partition coefficient (Wildman–Crippen LogP) is 6.31. The van der Waals surface area contributed by atoms with Gasteiger partial charge in [-0.1, -0.05) is 18.2 Å². The Morgan fingerprint density at radius 1 is 0.971 bits per heavy atom. The number of fused-ring (bicyclic) bond motifs is 1. The molecule has 6 nitrogen and oxygen atoms in total. The van der Waals surface area contributed by atoms with Crippen molar-refractivity contribution in [1.29, 1.82) is 0 Å². The number of anilines is 3. The molecule has 0 unspecified atom stereocenters. The number of hydrogen-bond donors (Lipinski definition) is 2. The van der Waals surface area contributed by atoms with Crippen LogP contribution in [0.3, 0.4) is 0 Å². The molecule has 1 aliphatic carbocycles. The molecule has 1 aliphatic heterocycles. The summed E-state index contributed by atoms with van der Waals surface area (Å²) in [6, 6.07) is 21.1. The number of benzene rings is 2. The highest BCUT2D eigenvalue weighted by Crippen LogP contribution is 2.45. The van der Waals surface area contributed by atoms with Crippen molar-refractivity contribution in [2.24, 2.45) is 0 Å². The van der Waals surface area contributed by atoms with Crippen LogP contribution in [0.15, 0.2) is 66.9 Å². The lowest BCUT2D eigenvalue weighted by Crippen LogP contribution is -2.25. The van der Waals surface area contributed by atoms with Gasteiger partial charge in [-0.25, -0.2) is 4.98 Å². The minimum atomic E-state index is 0.217. The molecule has 0 radical (unpaired) electrons. The first-order valence-corrected chi connectivity index (χ1v) is 12.2. The molecule has 1 saturated heterocycles. The molecule has 34 heavy (non-hydrogen) atoms. The second kappa shape index (κ2) is 9.03. The van der Waals surface area contributed by atoms with Crippen molar-refractivity contribution in [3.8, 4) is 17.0 Å². The van der Waals surface area contributed by atoms with Crippen LogP contribution >= 0.6 is 0 Å². The fraction of sp³-hybridized carbons (Fsp3) is 0.321. The monoisotopic (exact) mass is 454 g/mol. The summed E-state index contributed by atoms with van der Waals surface area (Å²) in [6.07, 6.45) is 7.50. The molecule has 6 rings (SSSR count). The average molecular weight is 455 g/mol. The maximum absolute atomic E-state index is 6.78. The van der Waals surface area contributed by atoms with Crippen molar-refractivity contribution >= 4 is 28.1 Å². The molecule has 0 bridgehead atoms. The number of nitrogens with zero attached hydrogens (tertiary/aromatic N) is 2. The second-order valence-corrected chi connectivity index (χ2v) is 9.24. The molecule has 6 heteroatoms. The van der Waals surface area contributed by atoms with Crippen molar-refractivity contribution in [3.05, 3.63) is 66.9 Å². The van der Waals surface area contributed by atoms with Gasteiger partial charge >= 0.3 is 0 Å². The van der Waals surface area contributed by atoms with E-state index in [9.17, 15) is 0 Å². The van der Waals surface area contributed by atoms with Crippen molar-refractivity contribution in [2.45, 2.75) is 44.2 Å². The average Bonchev–Trinajstić information content (AvgIpc) is 3.11. The van der Waals surface area contributed by atoms with Crippen molar-refractivity contribution in [2.75, 3.05) is 24.3 Å². The third kappa shape index (κ3) is 3.99. The number of hydrogen-bond acceptors (Lipinski definition) is 5. The van der Waals surface area contributed by atoms with E-state index in [1.54, 1.807) is 6.20 Å². The molecule has 0 amide bonds. The molecule has 2 aliphatic rings. The first-order valence-electron chi connectivity index (χ1n) is 12.2. The highest BCUT2D eigenvalue weighted by atomic mass is 16.5. The predicted molar refractivity (Wildman–Crippen MR) is 137 cm³/mol. The number of ether oxygens (including phenoxy) is 2. The van der Waals surface area contributed by atoms with Gasteiger partial charge in [-0.2, -0.15) is 0 Å². The summed E-state index contributed by atoms with van der Waals surface area (Å²) in [5.41, 5.74) is 12.0. The maximum Gasteiger partial charge on any atom is 0.130 e. The molecule has 2 aromatic heterocycles. The molecule has 4 aromatic rings. The summed E-state index contributed by atoms with van der Waals surface area (Å²) in [5.74, 6) is 1.74. The molecule has 3 N–H and O–H groups in total. The van der Waals surface area contributed by atoms with E-state index < -0.39 is 0 Å². The Kier molecular flexibility index (Phi) is 5.59. The van der Waals surface area contributed by atoms with Gasteiger partial charge < -0.3 is 25.1 Å². The first-order chi connectivity index (χ1) is 16.8. The Morgan fingerprint density at radius 2 is 1.79 bits per heavy atom. The molecule has 3 heterocycles. The van der Waals surface area contributed by atoms with Gasteiger partial charge in [0.15, 0.2) is 0 Å². The molecule has 174 valence electrons. The number of rotatable bonds is 6. The molecule has 0 spiro atoms. The third-order valence-corrected chi connectivity index (χ3v) is 7.02. The van der Waals surface area contributed by atoms with Gasteiger partial charge in [-0.05, 0) is 55.7 Å². The number of aromatic nitrogens is 2. The van der Waals surface area contributed by atoms with Gasteiger partial charge in [-0.15, -0.1) is 0 Å². The minimum Gasteiger partial charge on any atom is -0.490 e. The van der Waals surface area contributed by atoms with Crippen LogP contribution < -0.4 is 15.8 Å². The second-order valence-electron chi connectivity index (χ2n) is 9.24. The Morgan fingerprint density at radius 3 is 2.50 bits per heavy atom. The summed E-state index contributed by atoms with van der Waals surface area (Å²) in [5, 5.41) is 4.45. The number of nitrogen functional groups attached to an aromatic ring is 1. The van der Waals surface area contributed by atoms with Crippen LogP contribution in [0.1, 0.15) is 38.1 Å². The van der Waals surface area contributed by atoms with E-state index in [2.05, 4.69) is 57.3 Å². The minimum absolute atomic E-state index is 0.217. The van der Waals surface area contributed by atoms with E-state index in [0.29, 0.717) is 6.04 Å². The van der Waals surface area contributed by atoms with Crippen LogP contribution in [0.2, 0.25) is 0 Å². The summed E-state index contributed by atoms with van der Waals surface area (Å²) >= 11 is 0. The van der Waals surface area contributed by atoms with Crippen LogP contribution in [0.25, 0.3) is 22.2 Å². The zero-order chi connectivity index (χ0) is 22.9. The molecular formula is C28H30N4O2. The standard InChI is InChI=1S/C28H30N4O2/c29-27-24-12-11-23(34-22-13-16-33-17-14-22)18-25(24)32(21-4-3-5-21)28(27)19-7-9-20(10-8-19)31-26-6-1-2-15-30-26/h1-2,6-12,15,18,21-22H,3-5,13-14,16-17,29H2,(H,30,31). The molecular weight excluding hydrogens is 424 g/mol. The Balaban J connectivity index is 1.36. The summed E-state index contributed by atoms with van der Waals surface area (Å²) in [7, 11) is 0. The van der Waals surface area contributed by atoms with E-state index in [4.69, 9.17) is 15.2 Å². The van der Waals surface area contributed by atoms with E-state index in [0.717, 1.165) is 71.2 Å². The Hall–Kier alpha value is -3.51. The van der Waals surface area contributed by atoms with Crippen LogP contribution in [0.5, 0.6) is 5.75 Å². The molecule has 0 atom stereocenters. The summed E-state index contributed by atoms with van der Waals surface area (Å²) < 4.78 is 14.3. The lowest BCUT2D eigenvalue weighted by molar-refractivity contribution is 0.0256. The van der Waals surface area contributed by atoms with Crippen molar-refractivity contribution in [1.82, 2.24) is 9.55 Å².